The first-order chi connectivity index (χ1) is 36.3. The number of rotatable bonds is 48. The van der Waals surface area contributed by atoms with Crippen LogP contribution in [0.25, 0.3) is 0 Å². The van der Waals surface area contributed by atoms with Crippen LogP contribution in [0, 0.1) is 11.8 Å². The molecular formula is C60H114O15. The molecule has 8 N–H and O–H groups in total. The van der Waals surface area contributed by atoms with Crippen LogP contribution in [0.5, 0.6) is 0 Å². The van der Waals surface area contributed by atoms with Crippen molar-refractivity contribution in [1.29, 1.82) is 0 Å². The van der Waals surface area contributed by atoms with Gasteiger partial charge in [0.1, 0.15) is 62.0 Å². The van der Waals surface area contributed by atoms with Gasteiger partial charge in [0.2, 0.25) is 0 Å². The summed E-state index contributed by atoms with van der Waals surface area (Å²) in [5.41, 5.74) is 0. The molecule has 0 aromatic heterocycles. The van der Waals surface area contributed by atoms with Gasteiger partial charge in [0.25, 0.3) is 0 Å². The van der Waals surface area contributed by atoms with Gasteiger partial charge in [0, 0.05) is 0 Å². The molecule has 2 rings (SSSR count). The summed E-state index contributed by atoms with van der Waals surface area (Å²) in [6.45, 7) is 7.68. The van der Waals surface area contributed by atoms with Crippen LogP contribution in [0.2, 0.25) is 0 Å². The van der Waals surface area contributed by atoms with E-state index >= 15 is 0 Å². The third-order valence-electron chi connectivity index (χ3n) is 15.9. The number of aliphatic hydroxyl groups is 8. The standard InChI is InChI=1S/C60H114O15/c1-5-9-13-17-21-25-29-33-37-41-47(61)45(39-35-31-27-23-19-15-11-7-3)57(69)71-43-49-51(63)53(65)55(67)59(73-49)75-60-56(68)54(66)52(64)50(74-60)44-72-58(70)46(40-36-32-28-24-20-16-12-8-4)48(62)42-38-34-30-26-22-18-14-10-6-2/h45-56,59-68H,5-44H2,1-4H3/t45-,46-,47-,48-,49+,50+,51+,52+,53-,54-,55+,56+,59+,60+/m0/s1. The van der Waals surface area contributed by atoms with Crippen molar-refractivity contribution in [3.05, 3.63) is 0 Å². The predicted molar refractivity (Wildman–Crippen MR) is 294 cm³/mol. The quantitative estimate of drug-likeness (QED) is 0.0209. The molecular weight excluding hydrogens is 961 g/mol. The molecule has 2 saturated heterocycles. The maximum atomic E-state index is 13.7. The molecule has 0 aromatic carbocycles. The number of ether oxygens (including phenoxy) is 5. The summed E-state index contributed by atoms with van der Waals surface area (Å²) in [5.74, 6) is -2.94. The number of carbonyl (C=O) groups excluding carboxylic acids is 2. The van der Waals surface area contributed by atoms with Crippen LogP contribution >= 0.6 is 0 Å². The average Bonchev–Trinajstić information content (AvgIpc) is 3.40. The summed E-state index contributed by atoms with van der Waals surface area (Å²) < 4.78 is 28.9. The Kier molecular flexibility index (Phi) is 41.1. The van der Waals surface area contributed by atoms with Gasteiger partial charge in [0.15, 0.2) is 12.6 Å². The zero-order valence-electron chi connectivity index (χ0n) is 47.8. The zero-order chi connectivity index (χ0) is 55.1. The summed E-state index contributed by atoms with van der Waals surface area (Å²) in [6.07, 6.45) is 19.9. The van der Waals surface area contributed by atoms with Crippen LogP contribution in [0.15, 0.2) is 0 Å². The molecule has 75 heavy (non-hydrogen) atoms. The predicted octanol–water partition coefficient (Wildman–Crippen LogP) is 10.6. The third kappa shape index (κ3) is 29.5. The molecule has 15 nitrogen and oxygen atoms in total. The summed E-state index contributed by atoms with van der Waals surface area (Å²) in [4.78, 5) is 27.5. The molecule has 0 saturated carbocycles. The maximum absolute atomic E-state index is 13.7. The molecule has 0 radical (unpaired) electrons. The topological polar surface area (TPSA) is 242 Å². The Morgan fingerprint density at radius 3 is 0.853 bits per heavy atom. The second-order valence-electron chi connectivity index (χ2n) is 22.5. The molecule has 0 unspecified atom stereocenters. The first kappa shape index (κ1) is 69.6. The van der Waals surface area contributed by atoms with E-state index in [9.17, 15) is 50.4 Å². The smallest absolute Gasteiger partial charge is 0.311 e. The van der Waals surface area contributed by atoms with Crippen LogP contribution in [0.4, 0.5) is 0 Å². The minimum Gasteiger partial charge on any atom is -0.463 e. The SMILES string of the molecule is CCCCCCCCCCC[C@H](O)[C@H](CCCCCCCCCC)C(=O)OC[C@H]1O[C@H](O[C@H]2O[C@H](COC(=O)[C@@H](CCCCCCCCCC)[C@@H](O)CCCCCCCCCCC)[C@@H](O)[C@H](O)[C@H]2O)[C@H](O)[C@@H](O)[C@@H]1O. The van der Waals surface area contributed by atoms with Gasteiger partial charge in [-0.15, -0.1) is 0 Å². The average molecular weight is 1080 g/mol. The molecule has 0 aromatic rings. The molecule has 2 fully saturated rings. The number of carbonyl (C=O) groups is 2. The Hall–Kier alpha value is -1.50. The fourth-order valence-corrected chi connectivity index (χ4v) is 10.7. The Morgan fingerprint density at radius 1 is 0.347 bits per heavy atom. The molecule has 2 heterocycles. The van der Waals surface area contributed by atoms with Crippen LogP contribution in [0.1, 0.15) is 272 Å². The van der Waals surface area contributed by atoms with Gasteiger partial charge < -0.3 is 64.5 Å². The summed E-state index contributed by atoms with van der Waals surface area (Å²) in [7, 11) is 0. The fraction of sp³-hybridized carbons (Fsp3) is 0.967. The van der Waals surface area contributed by atoms with E-state index in [2.05, 4.69) is 27.7 Å². The number of unbranched alkanes of at least 4 members (excludes halogenated alkanes) is 30. The van der Waals surface area contributed by atoms with Gasteiger partial charge in [-0.05, 0) is 25.7 Å². The van der Waals surface area contributed by atoms with Crippen LogP contribution in [0.3, 0.4) is 0 Å². The minimum absolute atomic E-state index is 0.426. The third-order valence-corrected chi connectivity index (χ3v) is 15.9. The first-order valence-corrected chi connectivity index (χ1v) is 31.1. The van der Waals surface area contributed by atoms with E-state index in [4.69, 9.17) is 23.7 Å². The van der Waals surface area contributed by atoms with Crippen molar-refractivity contribution < 1.29 is 74.1 Å². The Morgan fingerprint density at radius 2 is 0.587 bits per heavy atom. The van der Waals surface area contributed by atoms with E-state index in [0.29, 0.717) is 25.7 Å². The van der Waals surface area contributed by atoms with Crippen molar-refractivity contribution in [3.63, 3.8) is 0 Å². The lowest BCUT2D eigenvalue weighted by Gasteiger charge is -2.44. The van der Waals surface area contributed by atoms with E-state index in [-0.39, 0.29) is 0 Å². The lowest BCUT2D eigenvalue weighted by Crippen LogP contribution is -2.64. The number of aliphatic hydroxyl groups excluding tert-OH is 8. The van der Waals surface area contributed by atoms with Crippen molar-refractivity contribution in [2.75, 3.05) is 13.2 Å². The molecule has 444 valence electrons. The molecule has 14 atom stereocenters. The summed E-state index contributed by atoms with van der Waals surface area (Å²) >= 11 is 0. The molecule has 2 aliphatic rings. The summed E-state index contributed by atoms with van der Waals surface area (Å²) in [5, 5.41) is 88.5. The number of hydrogen-bond acceptors (Lipinski definition) is 15. The van der Waals surface area contributed by atoms with Gasteiger partial charge >= 0.3 is 11.9 Å². The second-order valence-corrected chi connectivity index (χ2v) is 22.5. The lowest BCUT2D eigenvalue weighted by atomic mass is 9.91. The molecule has 0 spiro atoms. The van der Waals surface area contributed by atoms with Crippen molar-refractivity contribution in [3.8, 4) is 0 Å². The number of hydrogen-bond donors (Lipinski definition) is 8. The van der Waals surface area contributed by atoms with Gasteiger partial charge in [0.05, 0.1) is 24.0 Å². The van der Waals surface area contributed by atoms with Crippen molar-refractivity contribution in [1.82, 2.24) is 0 Å². The maximum Gasteiger partial charge on any atom is 0.311 e. The van der Waals surface area contributed by atoms with Gasteiger partial charge in [-0.1, -0.05) is 246 Å². The monoisotopic (exact) mass is 1070 g/mol. The second kappa shape index (κ2) is 44.3. The van der Waals surface area contributed by atoms with Crippen molar-refractivity contribution in [2.45, 2.75) is 345 Å². The van der Waals surface area contributed by atoms with E-state index in [1.807, 2.05) is 0 Å². The molecule has 15 heteroatoms. The van der Waals surface area contributed by atoms with E-state index < -0.39 is 111 Å². The molecule has 0 amide bonds. The molecule has 2 aliphatic heterocycles. The fourth-order valence-electron chi connectivity index (χ4n) is 10.7. The van der Waals surface area contributed by atoms with Gasteiger partial charge in [-0.3, -0.25) is 9.59 Å². The Labute approximate surface area is 455 Å². The van der Waals surface area contributed by atoms with E-state index in [1.54, 1.807) is 0 Å². The van der Waals surface area contributed by atoms with Gasteiger partial charge in [-0.25, -0.2) is 0 Å². The highest BCUT2D eigenvalue weighted by Crippen LogP contribution is 2.31. The van der Waals surface area contributed by atoms with E-state index in [1.165, 1.54) is 116 Å². The van der Waals surface area contributed by atoms with Gasteiger partial charge in [-0.2, -0.15) is 0 Å². The highest BCUT2D eigenvalue weighted by molar-refractivity contribution is 5.73. The molecule has 0 aliphatic carbocycles. The Bertz CT molecular complexity index is 1260. The van der Waals surface area contributed by atoms with Crippen molar-refractivity contribution >= 4 is 11.9 Å². The highest BCUT2D eigenvalue weighted by Gasteiger charge is 2.50. The number of esters is 2. The minimum atomic E-state index is -1.89. The van der Waals surface area contributed by atoms with Crippen LogP contribution in [-0.4, -0.2) is 140 Å². The molecule has 0 bridgehead atoms. The first-order valence-electron chi connectivity index (χ1n) is 31.1. The zero-order valence-corrected chi connectivity index (χ0v) is 47.8. The normalized spacial score (nSPS) is 25.7. The summed E-state index contributed by atoms with van der Waals surface area (Å²) in [6, 6.07) is 0. The van der Waals surface area contributed by atoms with Crippen LogP contribution in [-0.2, 0) is 33.3 Å². The van der Waals surface area contributed by atoms with E-state index in [0.717, 1.165) is 103 Å². The lowest BCUT2D eigenvalue weighted by molar-refractivity contribution is -0.376. The largest absolute Gasteiger partial charge is 0.463 e. The Balaban J connectivity index is 2.06. The highest BCUT2D eigenvalue weighted by atomic mass is 16.8. The van der Waals surface area contributed by atoms with Crippen LogP contribution < -0.4 is 0 Å². The van der Waals surface area contributed by atoms with Crippen molar-refractivity contribution in [2.24, 2.45) is 11.8 Å².